The number of hydrogen-bond donors (Lipinski definition) is 0. The Balaban J connectivity index is 0. The van der Waals surface area contributed by atoms with E-state index in [0.29, 0.717) is 12.9 Å². The molecule has 19 heavy (non-hydrogen) atoms. The first-order valence-corrected chi connectivity index (χ1v) is 13.2. The van der Waals surface area contributed by atoms with Gasteiger partial charge in [-0.25, -0.2) is 0 Å². The number of halogens is 2. The van der Waals surface area contributed by atoms with Gasteiger partial charge in [-0.3, -0.25) is 0 Å². The molecule has 5 heteroatoms. The van der Waals surface area contributed by atoms with E-state index in [1.807, 2.05) is 0 Å². The van der Waals surface area contributed by atoms with Crippen LogP contribution in [0.3, 0.4) is 0 Å². The van der Waals surface area contributed by atoms with E-state index in [2.05, 4.69) is 55.4 Å². The Bertz CT molecular complexity index is 164. The van der Waals surface area contributed by atoms with Gasteiger partial charge in [-0.05, 0) is 35.0 Å². The van der Waals surface area contributed by atoms with Crippen molar-refractivity contribution in [3.63, 3.8) is 0 Å². The molecular formula is C14H32Cl2CoP2. The summed E-state index contributed by atoms with van der Waals surface area (Å²) in [6.07, 6.45) is 3.01. The molecule has 0 bridgehead atoms. The van der Waals surface area contributed by atoms with Crippen LogP contribution in [0.5, 0.6) is 0 Å². The fraction of sp³-hybridized carbons (Fsp3) is 1.00. The first-order chi connectivity index (χ1) is 8.68. The van der Waals surface area contributed by atoms with E-state index in [1.54, 1.807) is 0 Å². The van der Waals surface area contributed by atoms with Crippen molar-refractivity contribution in [2.24, 2.45) is 0 Å². The summed E-state index contributed by atoms with van der Waals surface area (Å²) in [5, 5.41) is 0. The SMILES string of the molecule is CC(C)P(CCP(C(C)C)C(C)C)C(C)C.[Cl][Co][Cl]. The van der Waals surface area contributed by atoms with Crippen LogP contribution < -0.4 is 0 Å². The summed E-state index contributed by atoms with van der Waals surface area (Å²) >= 11 is 0.382. The summed E-state index contributed by atoms with van der Waals surface area (Å²) < 4.78 is 0. The Morgan fingerprint density at radius 1 is 0.632 bits per heavy atom. The van der Waals surface area contributed by atoms with E-state index >= 15 is 0 Å². The third kappa shape index (κ3) is 12.2. The molecule has 0 nitrogen and oxygen atoms in total. The minimum absolute atomic E-state index is 0.255. The quantitative estimate of drug-likeness (QED) is 0.411. The molecule has 0 atom stereocenters. The molecular weight excluding hydrogens is 360 g/mol. The van der Waals surface area contributed by atoms with E-state index in [4.69, 9.17) is 20.3 Å². The molecule has 0 N–H and O–H groups in total. The fourth-order valence-electron chi connectivity index (χ4n) is 2.46. The second-order valence-electron chi connectivity index (χ2n) is 5.90. The first kappa shape index (κ1) is 23.2. The van der Waals surface area contributed by atoms with Crippen molar-refractivity contribution in [3.05, 3.63) is 0 Å². The average molecular weight is 392 g/mol. The van der Waals surface area contributed by atoms with Crippen LogP contribution >= 0.6 is 36.1 Å². The number of hydrogen-bond acceptors (Lipinski definition) is 0. The van der Waals surface area contributed by atoms with Gasteiger partial charge >= 0.3 is 33.2 Å². The molecule has 0 saturated carbocycles. The van der Waals surface area contributed by atoms with Gasteiger partial charge in [0.15, 0.2) is 0 Å². The molecule has 121 valence electrons. The minimum atomic E-state index is 0.255. The molecule has 0 amide bonds. The van der Waals surface area contributed by atoms with Crippen LogP contribution in [0.4, 0.5) is 0 Å². The Morgan fingerprint density at radius 3 is 0.895 bits per heavy atom. The molecule has 0 unspecified atom stereocenters. The van der Waals surface area contributed by atoms with Crippen LogP contribution in [0.2, 0.25) is 0 Å². The van der Waals surface area contributed by atoms with Gasteiger partial charge in [-0.15, -0.1) is 15.8 Å². The van der Waals surface area contributed by atoms with Gasteiger partial charge in [0.2, 0.25) is 0 Å². The predicted octanol–water partition coefficient (Wildman–Crippen LogP) is 6.96. The second kappa shape index (κ2) is 13.6. The second-order valence-corrected chi connectivity index (χ2v) is 14.7. The molecule has 0 aromatic heterocycles. The van der Waals surface area contributed by atoms with Crippen molar-refractivity contribution in [2.75, 3.05) is 12.3 Å². The Kier molecular flexibility index (Phi) is 16.6. The Hall–Kier alpha value is 1.95. The molecule has 0 aliphatic carbocycles. The summed E-state index contributed by atoms with van der Waals surface area (Å²) in [6.45, 7) is 19.3. The van der Waals surface area contributed by atoms with Crippen molar-refractivity contribution < 1.29 is 12.9 Å². The van der Waals surface area contributed by atoms with Gasteiger partial charge in [0.05, 0.1) is 0 Å². The molecule has 0 fully saturated rings. The van der Waals surface area contributed by atoms with Crippen LogP contribution in [0.1, 0.15) is 55.4 Å². The molecule has 0 spiro atoms. The van der Waals surface area contributed by atoms with E-state index < -0.39 is 0 Å². The zero-order valence-corrected chi connectivity index (χ0v) is 18.0. The molecule has 0 aliphatic heterocycles. The summed E-state index contributed by atoms with van der Waals surface area (Å²) in [6, 6.07) is 0. The van der Waals surface area contributed by atoms with Crippen LogP contribution in [-0.2, 0) is 12.9 Å². The molecule has 0 rings (SSSR count). The summed E-state index contributed by atoms with van der Waals surface area (Å²) in [5.41, 5.74) is 3.63. The van der Waals surface area contributed by atoms with Gasteiger partial charge in [0, 0.05) is 0 Å². The summed E-state index contributed by atoms with van der Waals surface area (Å²) in [7, 11) is 9.98. The van der Waals surface area contributed by atoms with Gasteiger partial charge < -0.3 is 0 Å². The van der Waals surface area contributed by atoms with Crippen molar-refractivity contribution in [1.29, 1.82) is 0 Å². The Morgan fingerprint density at radius 2 is 0.789 bits per heavy atom. The third-order valence-corrected chi connectivity index (χ3v) is 10.4. The standard InChI is InChI=1S/C14H32P2.2ClH.Co/c1-11(2)15(12(3)4)9-10-16(13(5)6)14(7)8;;;/h11-14H,9-10H2,1-8H3;2*1H;/q;;;+2/p-2. The molecule has 0 aliphatic rings. The van der Waals surface area contributed by atoms with Crippen molar-refractivity contribution in [3.8, 4) is 0 Å². The zero-order chi connectivity index (χ0) is 15.6. The maximum absolute atomic E-state index is 4.73. The van der Waals surface area contributed by atoms with E-state index in [0.717, 1.165) is 22.6 Å². The van der Waals surface area contributed by atoms with Crippen molar-refractivity contribution in [2.45, 2.75) is 78.0 Å². The summed E-state index contributed by atoms with van der Waals surface area (Å²) in [4.78, 5) is 0. The molecule has 0 heterocycles. The van der Waals surface area contributed by atoms with Gasteiger partial charge in [-0.2, -0.15) is 0 Å². The molecule has 0 radical (unpaired) electrons. The topological polar surface area (TPSA) is 0 Å². The van der Waals surface area contributed by atoms with E-state index in [-0.39, 0.29) is 15.8 Å². The van der Waals surface area contributed by atoms with Crippen LogP contribution in [-0.4, -0.2) is 35.0 Å². The van der Waals surface area contributed by atoms with Gasteiger partial charge in [0.25, 0.3) is 0 Å². The van der Waals surface area contributed by atoms with Crippen molar-refractivity contribution >= 4 is 36.1 Å². The average Bonchev–Trinajstić information content (AvgIpc) is 2.22. The Labute approximate surface area is 139 Å². The molecule has 0 aromatic rings. The van der Waals surface area contributed by atoms with E-state index in [1.165, 1.54) is 12.3 Å². The third-order valence-electron chi connectivity index (χ3n) is 3.27. The summed E-state index contributed by atoms with van der Waals surface area (Å²) in [5.74, 6) is 0. The van der Waals surface area contributed by atoms with Crippen LogP contribution in [0, 0.1) is 0 Å². The van der Waals surface area contributed by atoms with Gasteiger partial charge in [0.1, 0.15) is 0 Å². The normalized spacial score (nSPS) is 12.2. The predicted molar refractivity (Wildman–Crippen MR) is 95.8 cm³/mol. The number of rotatable bonds is 7. The fourth-order valence-corrected chi connectivity index (χ4v) is 8.75. The molecule has 0 aromatic carbocycles. The van der Waals surface area contributed by atoms with E-state index in [9.17, 15) is 0 Å². The zero-order valence-electron chi connectivity index (χ0n) is 13.7. The monoisotopic (exact) mass is 391 g/mol. The molecule has 0 saturated heterocycles. The van der Waals surface area contributed by atoms with Crippen LogP contribution in [0.25, 0.3) is 0 Å². The maximum atomic E-state index is 4.73. The first-order valence-electron chi connectivity index (χ1n) is 7.04. The van der Waals surface area contributed by atoms with Crippen LogP contribution in [0.15, 0.2) is 0 Å². The van der Waals surface area contributed by atoms with Gasteiger partial charge in [-0.1, -0.05) is 55.4 Å². The van der Waals surface area contributed by atoms with Crippen molar-refractivity contribution in [1.82, 2.24) is 0 Å².